The van der Waals surface area contributed by atoms with Crippen LogP contribution < -0.4 is 0 Å². The first-order valence-electron chi connectivity index (χ1n) is 6.37. The fourth-order valence-corrected chi connectivity index (χ4v) is 3.78. The lowest BCUT2D eigenvalue weighted by molar-refractivity contribution is 0.472. The molecule has 0 aliphatic carbocycles. The van der Waals surface area contributed by atoms with Crippen LogP contribution in [0.3, 0.4) is 0 Å². The highest BCUT2D eigenvalue weighted by Crippen LogP contribution is 2.44. The second-order valence-electron chi connectivity index (χ2n) is 5.03. The van der Waals surface area contributed by atoms with Crippen LogP contribution in [-0.4, -0.2) is 36.2 Å². The van der Waals surface area contributed by atoms with Gasteiger partial charge in [-0.3, -0.25) is 9.11 Å². The van der Waals surface area contributed by atoms with Crippen molar-refractivity contribution in [3.05, 3.63) is 36.4 Å². The number of hydrogen-bond acceptors (Lipinski definition) is 6. The first kappa shape index (κ1) is 16.5. The zero-order valence-electron chi connectivity index (χ0n) is 11.7. The number of benzene rings is 3. The third-order valence-corrected chi connectivity index (χ3v) is 5.34. The summed E-state index contributed by atoms with van der Waals surface area (Å²) < 4.78 is 63.9. The molecule has 0 aliphatic rings. The maximum atomic E-state index is 11.5. The molecular weight excluding hydrogens is 360 g/mol. The Balaban J connectivity index is 2.61. The molecule has 0 saturated carbocycles. The highest BCUT2D eigenvalue weighted by Gasteiger charge is 2.22. The lowest BCUT2D eigenvalue weighted by Crippen LogP contribution is -2.00. The van der Waals surface area contributed by atoms with Crippen molar-refractivity contribution in [1.29, 1.82) is 0 Å². The molecule has 0 fully saturated rings. The second-order valence-corrected chi connectivity index (χ2v) is 7.84. The predicted molar refractivity (Wildman–Crippen MR) is 84.4 cm³/mol. The van der Waals surface area contributed by atoms with Gasteiger partial charge in [0.25, 0.3) is 20.2 Å². The lowest BCUT2D eigenvalue weighted by Gasteiger charge is -2.12. The number of rotatable bonds is 2. The summed E-state index contributed by atoms with van der Waals surface area (Å²) in [5.74, 6) is -1.07. The van der Waals surface area contributed by atoms with E-state index < -0.39 is 41.5 Å². The van der Waals surface area contributed by atoms with Gasteiger partial charge in [0.1, 0.15) is 16.4 Å². The lowest BCUT2D eigenvalue weighted by atomic mass is 10.0. The molecule has 4 N–H and O–H groups in total. The molecule has 126 valence electrons. The largest absolute Gasteiger partial charge is 0.507 e. The van der Waals surface area contributed by atoms with Gasteiger partial charge in [-0.15, -0.1) is 0 Å². The van der Waals surface area contributed by atoms with E-state index in [1.54, 1.807) is 0 Å². The van der Waals surface area contributed by atoms with Gasteiger partial charge in [0.2, 0.25) is 0 Å². The monoisotopic (exact) mass is 370 g/mol. The fraction of sp³-hybridized carbons (Fsp3) is 0. The van der Waals surface area contributed by atoms with Gasteiger partial charge < -0.3 is 10.2 Å². The number of aromatic hydroxyl groups is 2. The Labute approximate surface area is 136 Å². The van der Waals surface area contributed by atoms with E-state index in [2.05, 4.69) is 0 Å². The first-order valence-corrected chi connectivity index (χ1v) is 9.25. The molecule has 0 radical (unpaired) electrons. The Kier molecular flexibility index (Phi) is 3.46. The Morgan fingerprint density at radius 1 is 0.708 bits per heavy atom. The molecule has 10 heteroatoms. The summed E-state index contributed by atoms with van der Waals surface area (Å²) in [5.41, 5.74) is 0. The minimum absolute atomic E-state index is 0.0416. The molecule has 0 saturated heterocycles. The number of phenolic OH excluding ortho intramolecular Hbond substituents is 2. The van der Waals surface area contributed by atoms with Crippen molar-refractivity contribution in [3.63, 3.8) is 0 Å². The number of phenols is 2. The van der Waals surface area contributed by atoms with Gasteiger partial charge in [0.15, 0.2) is 0 Å². The molecule has 0 aliphatic heterocycles. The zero-order chi connectivity index (χ0) is 17.9. The summed E-state index contributed by atoms with van der Waals surface area (Å²) in [4.78, 5) is -1.19. The van der Waals surface area contributed by atoms with Gasteiger partial charge in [0, 0.05) is 21.5 Å². The van der Waals surface area contributed by atoms with Crippen LogP contribution in [-0.2, 0) is 20.2 Å². The van der Waals surface area contributed by atoms with Gasteiger partial charge in [-0.05, 0) is 24.3 Å². The molecule has 0 heterocycles. The van der Waals surface area contributed by atoms with E-state index in [1.165, 1.54) is 12.1 Å². The normalized spacial score (nSPS) is 12.8. The third kappa shape index (κ3) is 2.45. The van der Waals surface area contributed by atoms with E-state index in [0.717, 1.165) is 24.3 Å². The van der Waals surface area contributed by atoms with Crippen molar-refractivity contribution in [2.24, 2.45) is 0 Å². The number of hydrogen-bond donors (Lipinski definition) is 4. The number of fused-ring (bicyclic) bond motifs is 2. The summed E-state index contributed by atoms with van der Waals surface area (Å²) in [5, 5.41) is 20.2. The molecule has 24 heavy (non-hydrogen) atoms. The van der Waals surface area contributed by atoms with Crippen molar-refractivity contribution < 1.29 is 36.2 Å². The van der Waals surface area contributed by atoms with Crippen LogP contribution in [0.5, 0.6) is 11.5 Å². The highest BCUT2D eigenvalue weighted by atomic mass is 32.2. The van der Waals surface area contributed by atoms with Gasteiger partial charge in [0.05, 0.1) is 4.90 Å². The van der Waals surface area contributed by atoms with E-state index in [4.69, 9.17) is 4.55 Å². The van der Waals surface area contributed by atoms with Crippen molar-refractivity contribution in [2.45, 2.75) is 9.79 Å². The van der Waals surface area contributed by atoms with Crippen molar-refractivity contribution in [2.75, 3.05) is 0 Å². The van der Waals surface area contributed by atoms with Crippen LogP contribution in [0.15, 0.2) is 46.2 Å². The van der Waals surface area contributed by atoms with E-state index in [0.29, 0.717) is 0 Å². The van der Waals surface area contributed by atoms with Crippen LogP contribution in [0, 0.1) is 0 Å². The van der Waals surface area contributed by atoms with Crippen molar-refractivity contribution in [1.82, 2.24) is 0 Å². The van der Waals surface area contributed by atoms with Crippen molar-refractivity contribution in [3.8, 4) is 11.5 Å². The Hall–Kier alpha value is -2.40. The van der Waals surface area contributed by atoms with E-state index in [9.17, 15) is 31.6 Å². The van der Waals surface area contributed by atoms with Gasteiger partial charge in [-0.25, -0.2) is 0 Å². The molecule has 3 aromatic carbocycles. The molecule has 0 bridgehead atoms. The maximum absolute atomic E-state index is 11.5. The van der Waals surface area contributed by atoms with Crippen molar-refractivity contribution >= 4 is 41.8 Å². The quantitative estimate of drug-likeness (QED) is 0.303. The van der Waals surface area contributed by atoms with Crippen LogP contribution in [0.1, 0.15) is 0 Å². The zero-order valence-corrected chi connectivity index (χ0v) is 13.3. The van der Waals surface area contributed by atoms with E-state index in [-0.39, 0.29) is 21.5 Å². The summed E-state index contributed by atoms with van der Waals surface area (Å²) >= 11 is 0. The maximum Gasteiger partial charge on any atom is 0.295 e. The van der Waals surface area contributed by atoms with Gasteiger partial charge >= 0.3 is 0 Å². The molecule has 0 amide bonds. The van der Waals surface area contributed by atoms with Gasteiger partial charge in [-0.2, -0.15) is 16.8 Å². The van der Waals surface area contributed by atoms with E-state index >= 15 is 0 Å². The summed E-state index contributed by atoms with van der Waals surface area (Å²) in [7, 11) is -9.29. The summed E-state index contributed by atoms with van der Waals surface area (Å²) in [6.07, 6.45) is 0. The van der Waals surface area contributed by atoms with Gasteiger partial charge in [-0.1, -0.05) is 12.1 Å². The topological polar surface area (TPSA) is 149 Å². The highest BCUT2D eigenvalue weighted by molar-refractivity contribution is 7.86. The molecule has 0 spiro atoms. The Bertz CT molecular complexity index is 1210. The van der Waals surface area contributed by atoms with Crippen LogP contribution in [0.25, 0.3) is 21.5 Å². The van der Waals surface area contributed by atoms with Crippen LogP contribution in [0.2, 0.25) is 0 Å². The average Bonchev–Trinajstić information content (AvgIpc) is 2.49. The molecule has 3 rings (SSSR count). The molecule has 0 aromatic heterocycles. The second kappa shape index (κ2) is 5.05. The molecule has 0 atom stereocenters. The molecule has 3 aromatic rings. The molecule has 8 nitrogen and oxygen atoms in total. The predicted octanol–water partition coefficient (Wildman–Crippen LogP) is 1.90. The molecule has 0 unspecified atom stereocenters. The minimum atomic E-state index is -4.71. The third-order valence-electron chi connectivity index (χ3n) is 3.60. The van der Waals surface area contributed by atoms with Crippen LogP contribution >= 0.6 is 0 Å². The summed E-state index contributed by atoms with van der Waals surface area (Å²) in [6, 6.07) is 6.69. The average molecular weight is 370 g/mol. The minimum Gasteiger partial charge on any atom is -0.507 e. The smallest absolute Gasteiger partial charge is 0.295 e. The summed E-state index contributed by atoms with van der Waals surface area (Å²) in [6.45, 7) is 0. The SMILES string of the molecule is O=S(=O)(O)c1ccc2c(O)c3cccc(S(=O)(=O)O)c3c(O)c2c1. The molecular formula is C14H10O8S2. The standard InChI is InChI=1S/C14H10O8S2/c15-13-8-5-4-7(23(17,18)19)6-10(8)14(16)12-9(13)2-1-3-11(12)24(20,21)22/h1-6,15-16H,(H,17,18,19)(H,20,21,22). The van der Waals surface area contributed by atoms with E-state index in [1.807, 2.05) is 0 Å². The first-order chi connectivity index (χ1) is 11.0. The fourth-order valence-electron chi connectivity index (χ4n) is 2.55. The Morgan fingerprint density at radius 2 is 1.38 bits per heavy atom. The Morgan fingerprint density at radius 3 is 1.96 bits per heavy atom. The van der Waals surface area contributed by atoms with Crippen LogP contribution in [0.4, 0.5) is 0 Å².